The molecule has 1 aliphatic rings. The number of quaternary nitrogens is 1. The van der Waals surface area contributed by atoms with Gasteiger partial charge in [0, 0.05) is 18.9 Å². The molecule has 1 fully saturated rings. The summed E-state index contributed by atoms with van der Waals surface area (Å²) in [6, 6.07) is 6.27. The molecule has 1 amide bonds. The van der Waals surface area contributed by atoms with Crippen molar-refractivity contribution in [2.24, 2.45) is 0 Å². The zero-order valence-electron chi connectivity index (χ0n) is 9.08. The lowest BCUT2D eigenvalue weighted by molar-refractivity contribution is -0.663. The average Bonchev–Trinajstić information content (AvgIpc) is 2.31. The van der Waals surface area contributed by atoms with E-state index in [-0.39, 0.29) is 17.5 Å². The highest BCUT2D eigenvalue weighted by atomic mass is 19.1. The molecule has 3 N–H and O–H groups in total. The molecule has 3 nitrogen and oxygen atoms in total. The first kappa shape index (κ1) is 11.1. The minimum absolute atomic E-state index is 0.136. The molecule has 0 atom stereocenters. The van der Waals surface area contributed by atoms with Gasteiger partial charge in [-0.3, -0.25) is 4.79 Å². The molecule has 1 saturated heterocycles. The predicted molar refractivity (Wildman–Crippen MR) is 58.5 cm³/mol. The van der Waals surface area contributed by atoms with E-state index in [9.17, 15) is 9.18 Å². The average molecular weight is 223 g/mol. The molecule has 0 unspecified atom stereocenters. The molecule has 86 valence electrons. The first-order valence-electron chi connectivity index (χ1n) is 5.64. The van der Waals surface area contributed by atoms with Crippen molar-refractivity contribution in [1.82, 2.24) is 5.32 Å². The first-order chi connectivity index (χ1) is 7.77. The van der Waals surface area contributed by atoms with Gasteiger partial charge in [-0.2, -0.15) is 0 Å². The van der Waals surface area contributed by atoms with Crippen LogP contribution in [0.2, 0.25) is 0 Å². The maximum atomic E-state index is 13.3. The number of rotatable bonds is 2. The molecule has 0 bridgehead atoms. The number of hydrogen-bond acceptors (Lipinski definition) is 1. The number of benzene rings is 1. The van der Waals surface area contributed by atoms with Gasteiger partial charge in [-0.25, -0.2) is 4.39 Å². The highest BCUT2D eigenvalue weighted by Gasteiger charge is 2.19. The summed E-state index contributed by atoms with van der Waals surface area (Å²) in [7, 11) is 0. The summed E-state index contributed by atoms with van der Waals surface area (Å²) < 4.78 is 13.3. The summed E-state index contributed by atoms with van der Waals surface area (Å²) in [5.41, 5.74) is 0.136. The molecule has 1 heterocycles. The van der Waals surface area contributed by atoms with Gasteiger partial charge in [0.25, 0.3) is 5.91 Å². The van der Waals surface area contributed by atoms with Crippen LogP contribution in [0.1, 0.15) is 23.2 Å². The second-order valence-electron chi connectivity index (χ2n) is 4.09. The van der Waals surface area contributed by atoms with Crippen molar-refractivity contribution in [1.29, 1.82) is 0 Å². The Kier molecular flexibility index (Phi) is 3.51. The van der Waals surface area contributed by atoms with E-state index in [1.165, 1.54) is 12.1 Å². The van der Waals surface area contributed by atoms with Crippen LogP contribution in [0.5, 0.6) is 0 Å². The molecular formula is C12H16FN2O+. The standard InChI is InChI=1S/C12H15FN2O/c13-11-4-2-1-3-10(11)12(16)15-9-5-7-14-8-6-9/h1-4,9,14H,5-8H2,(H,15,16)/p+1. The van der Waals surface area contributed by atoms with E-state index < -0.39 is 5.82 Å². The smallest absolute Gasteiger partial charge is 0.254 e. The molecule has 0 radical (unpaired) electrons. The first-order valence-corrected chi connectivity index (χ1v) is 5.64. The molecule has 1 aromatic carbocycles. The van der Waals surface area contributed by atoms with Crippen molar-refractivity contribution in [3.8, 4) is 0 Å². The van der Waals surface area contributed by atoms with Gasteiger partial charge in [-0.05, 0) is 12.1 Å². The molecule has 1 aromatic rings. The maximum absolute atomic E-state index is 13.3. The maximum Gasteiger partial charge on any atom is 0.254 e. The molecule has 0 spiro atoms. The van der Waals surface area contributed by atoms with Gasteiger partial charge in [0.1, 0.15) is 5.82 Å². The topological polar surface area (TPSA) is 45.7 Å². The molecule has 0 aromatic heterocycles. The summed E-state index contributed by atoms with van der Waals surface area (Å²) in [5, 5.41) is 5.10. The number of carbonyl (C=O) groups excluding carboxylic acids is 1. The Morgan fingerprint density at radius 3 is 2.69 bits per heavy atom. The van der Waals surface area contributed by atoms with Crippen LogP contribution in [0.3, 0.4) is 0 Å². The number of carbonyl (C=O) groups is 1. The van der Waals surface area contributed by atoms with Gasteiger partial charge in [0.15, 0.2) is 0 Å². The van der Waals surface area contributed by atoms with Crippen LogP contribution in [0, 0.1) is 5.82 Å². The van der Waals surface area contributed by atoms with Gasteiger partial charge < -0.3 is 10.6 Å². The van der Waals surface area contributed by atoms with Crippen LogP contribution in [0.4, 0.5) is 4.39 Å². The van der Waals surface area contributed by atoms with E-state index in [1.807, 2.05) is 0 Å². The summed E-state index contributed by atoms with van der Waals surface area (Å²) in [6.45, 7) is 2.06. The number of piperidine rings is 1. The van der Waals surface area contributed by atoms with Crippen LogP contribution >= 0.6 is 0 Å². The van der Waals surface area contributed by atoms with Gasteiger partial charge in [-0.1, -0.05) is 12.1 Å². The zero-order valence-corrected chi connectivity index (χ0v) is 9.08. The van der Waals surface area contributed by atoms with Crippen molar-refractivity contribution in [3.63, 3.8) is 0 Å². The Bertz CT molecular complexity index is 375. The van der Waals surface area contributed by atoms with Crippen LogP contribution in [-0.4, -0.2) is 25.0 Å². The van der Waals surface area contributed by atoms with E-state index >= 15 is 0 Å². The minimum Gasteiger partial charge on any atom is -0.349 e. The second kappa shape index (κ2) is 5.07. The number of hydrogen-bond donors (Lipinski definition) is 2. The Balaban J connectivity index is 2.00. The summed E-state index contributed by atoms with van der Waals surface area (Å²) in [4.78, 5) is 11.8. The van der Waals surface area contributed by atoms with Crippen LogP contribution in [0.25, 0.3) is 0 Å². The highest BCUT2D eigenvalue weighted by molar-refractivity contribution is 5.94. The number of halogens is 1. The molecule has 2 rings (SSSR count). The molecule has 4 heteroatoms. The van der Waals surface area contributed by atoms with E-state index in [4.69, 9.17) is 0 Å². The van der Waals surface area contributed by atoms with E-state index in [0.717, 1.165) is 25.9 Å². The molecular weight excluding hydrogens is 207 g/mol. The monoisotopic (exact) mass is 223 g/mol. The van der Waals surface area contributed by atoms with Crippen molar-refractivity contribution in [2.45, 2.75) is 18.9 Å². The van der Waals surface area contributed by atoms with Gasteiger partial charge in [-0.15, -0.1) is 0 Å². The van der Waals surface area contributed by atoms with Gasteiger partial charge in [0.05, 0.1) is 18.7 Å². The summed E-state index contributed by atoms with van der Waals surface area (Å²) in [5.74, 6) is -0.757. The molecule has 1 aliphatic heterocycles. The quantitative estimate of drug-likeness (QED) is 0.743. The van der Waals surface area contributed by atoms with Crippen molar-refractivity contribution in [3.05, 3.63) is 35.6 Å². The number of nitrogens with two attached hydrogens (primary N) is 1. The Hall–Kier alpha value is -1.42. The lowest BCUT2D eigenvalue weighted by Gasteiger charge is -2.21. The predicted octanol–water partition coefficient (Wildman–Crippen LogP) is 0.281. The lowest BCUT2D eigenvalue weighted by atomic mass is 10.1. The lowest BCUT2D eigenvalue weighted by Crippen LogP contribution is -2.87. The number of amides is 1. The van der Waals surface area contributed by atoms with Gasteiger partial charge >= 0.3 is 0 Å². The number of nitrogens with one attached hydrogen (secondary N) is 1. The molecule has 0 saturated carbocycles. The third-order valence-electron chi connectivity index (χ3n) is 2.89. The van der Waals surface area contributed by atoms with Crippen molar-refractivity contribution >= 4 is 5.91 Å². The largest absolute Gasteiger partial charge is 0.349 e. The summed E-state index contributed by atoms with van der Waals surface area (Å²) in [6.07, 6.45) is 1.92. The van der Waals surface area contributed by atoms with Crippen LogP contribution in [0.15, 0.2) is 24.3 Å². The summed E-state index contributed by atoms with van der Waals surface area (Å²) >= 11 is 0. The SMILES string of the molecule is O=C(NC1CC[NH2+]CC1)c1ccccc1F. The molecule has 0 aliphatic carbocycles. The van der Waals surface area contributed by atoms with Crippen molar-refractivity contribution < 1.29 is 14.5 Å². The fourth-order valence-electron chi connectivity index (χ4n) is 1.98. The highest BCUT2D eigenvalue weighted by Crippen LogP contribution is 2.07. The van der Waals surface area contributed by atoms with Crippen LogP contribution < -0.4 is 10.6 Å². The third kappa shape index (κ3) is 2.58. The Morgan fingerprint density at radius 1 is 1.31 bits per heavy atom. The normalized spacial score (nSPS) is 17.1. The van der Waals surface area contributed by atoms with E-state index in [2.05, 4.69) is 10.6 Å². The fourth-order valence-corrected chi connectivity index (χ4v) is 1.98. The Morgan fingerprint density at radius 2 is 2.00 bits per heavy atom. The minimum atomic E-state index is -0.456. The van der Waals surface area contributed by atoms with Gasteiger partial charge in [0.2, 0.25) is 0 Å². The van der Waals surface area contributed by atoms with Crippen LogP contribution in [-0.2, 0) is 0 Å². The second-order valence-corrected chi connectivity index (χ2v) is 4.09. The zero-order chi connectivity index (χ0) is 11.4. The third-order valence-corrected chi connectivity index (χ3v) is 2.89. The molecule has 16 heavy (non-hydrogen) atoms. The van der Waals surface area contributed by atoms with E-state index in [1.54, 1.807) is 12.1 Å². The Labute approximate surface area is 94.0 Å². The fraction of sp³-hybridized carbons (Fsp3) is 0.417. The van der Waals surface area contributed by atoms with Crippen molar-refractivity contribution in [2.75, 3.05) is 13.1 Å². The van der Waals surface area contributed by atoms with E-state index in [0.29, 0.717) is 0 Å².